The van der Waals surface area contributed by atoms with Gasteiger partial charge in [-0.1, -0.05) is 6.07 Å². The molecule has 2 saturated carbocycles. The number of ether oxygens (including phenoxy) is 1. The van der Waals surface area contributed by atoms with Gasteiger partial charge in [-0.2, -0.15) is 4.31 Å². The standard InChI is InChI=1S/C19H24N2O6S/c22-18(16-12-4-5-13(10-12)17(16)19(23)24)20-14-2-1-3-15(11-14)28(25,26)21-6-8-27-9-7-21/h1-3,11-13,16-17H,4-10H2,(H,20,22)(H,23,24)/t12-,13+,16+,17+/m1/s1. The normalized spacial score (nSPS) is 30.3. The van der Waals surface area contributed by atoms with E-state index < -0.39 is 27.8 Å². The third-order valence-corrected chi connectivity index (χ3v) is 8.11. The van der Waals surface area contributed by atoms with Crippen molar-refractivity contribution >= 4 is 27.6 Å². The molecule has 1 heterocycles. The summed E-state index contributed by atoms with van der Waals surface area (Å²) in [5.41, 5.74) is 0.367. The SMILES string of the molecule is O=C(O)[C@H]1[C@H]2CC[C@H](C2)[C@@H]1C(=O)Nc1cccc(S(=O)(=O)N2CCOCC2)c1. The molecule has 2 aliphatic carbocycles. The molecule has 4 rings (SSSR count). The van der Waals surface area contributed by atoms with E-state index in [-0.39, 0.29) is 22.6 Å². The van der Waals surface area contributed by atoms with Gasteiger partial charge in [0.1, 0.15) is 0 Å². The van der Waals surface area contributed by atoms with Crippen LogP contribution < -0.4 is 5.32 Å². The molecule has 152 valence electrons. The number of carboxylic acid groups (broad SMARTS) is 1. The summed E-state index contributed by atoms with van der Waals surface area (Å²) in [5, 5.41) is 12.3. The second kappa shape index (κ2) is 7.46. The molecule has 0 unspecified atom stereocenters. The lowest BCUT2D eigenvalue weighted by molar-refractivity contribution is -0.148. The molecule has 1 aromatic rings. The zero-order valence-corrected chi connectivity index (χ0v) is 16.2. The Hall–Kier alpha value is -1.97. The second-order valence-corrected chi connectivity index (χ2v) is 9.69. The summed E-state index contributed by atoms with van der Waals surface area (Å²) < 4.78 is 32.2. The number of rotatable bonds is 5. The quantitative estimate of drug-likeness (QED) is 0.761. The molecule has 9 heteroatoms. The lowest BCUT2D eigenvalue weighted by Crippen LogP contribution is -2.40. The smallest absolute Gasteiger partial charge is 0.307 e. The van der Waals surface area contributed by atoms with Crippen molar-refractivity contribution in [2.75, 3.05) is 31.6 Å². The minimum atomic E-state index is -3.66. The van der Waals surface area contributed by atoms with Crippen LogP contribution >= 0.6 is 0 Å². The third kappa shape index (κ3) is 3.42. The van der Waals surface area contributed by atoms with Gasteiger partial charge in [-0.05, 0) is 49.3 Å². The Kier molecular flexibility index (Phi) is 5.15. The number of fused-ring (bicyclic) bond motifs is 2. The van der Waals surface area contributed by atoms with Crippen LogP contribution in [0.25, 0.3) is 0 Å². The average molecular weight is 408 g/mol. The molecule has 0 spiro atoms. The fourth-order valence-electron chi connectivity index (χ4n) is 4.92. The number of carbonyl (C=O) groups excluding carboxylic acids is 1. The molecule has 3 aliphatic rings. The van der Waals surface area contributed by atoms with Crippen LogP contribution in [0.15, 0.2) is 29.2 Å². The molecule has 0 radical (unpaired) electrons. The predicted octanol–water partition coefficient (Wildman–Crippen LogP) is 1.39. The fourth-order valence-corrected chi connectivity index (χ4v) is 6.37. The number of anilines is 1. The van der Waals surface area contributed by atoms with Crippen molar-refractivity contribution in [3.8, 4) is 0 Å². The molecule has 1 saturated heterocycles. The van der Waals surface area contributed by atoms with Crippen molar-refractivity contribution in [1.29, 1.82) is 0 Å². The fraction of sp³-hybridized carbons (Fsp3) is 0.579. The predicted molar refractivity (Wildman–Crippen MR) is 100 cm³/mol. The van der Waals surface area contributed by atoms with Gasteiger partial charge in [0.25, 0.3) is 0 Å². The van der Waals surface area contributed by atoms with Crippen LogP contribution in [0.1, 0.15) is 19.3 Å². The lowest BCUT2D eigenvalue weighted by atomic mass is 9.78. The first-order chi connectivity index (χ1) is 13.4. The number of aliphatic carboxylic acids is 1. The Morgan fingerprint density at radius 2 is 1.79 bits per heavy atom. The minimum absolute atomic E-state index is 0.0614. The van der Waals surface area contributed by atoms with Gasteiger partial charge in [0.2, 0.25) is 15.9 Å². The van der Waals surface area contributed by atoms with Gasteiger partial charge < -0.3 is 15.2 Å². The van der Waals surface area contributed by atoms with Gasteiger partial charge in [-0.25, -0.2) is 8.42 Å². The van der Waals surface area contributed by atoms with Gasteiger partial charge in [-0.3, -0.25) is 9.59 Å². The van der Waals surface area contributed by atoms with Gasteiger partial charge >= 0.3 is 5.97 Å². The summed E-state index contributed by atoms with van der Waals surface area (Å²) >= 11 is 0. The van der Waals surface area contributed by atoms with E-state index in [9.17, 15) is 23.1 Å². The average Bonchev–Trinajstić information content (AvgIpc) is 3.30. The maximum absolute atomic E-state index is 12.8. The molecule has 2 bridgehead atoms. The largest absolute Gasteiger partial charge is 0.481 e. The molecule has 1 amide bonds. The van der Waals surface area contributed by atoms with Gasteiger partial charge in [0, 0.05) is 18.8 Å². The van der Waals surface area contributed by atoms with Crippen LogP contribution in [0.2, 0.25) is 0 Å². The monoisotopic (exact) mass is 408 g/mol. The van der Waals surface area contributed by atoms with Crippen molar-refractivity contribution in [1.82, 2.24) is 4.31 Å². The second-order valence-electron chi connectivity index (χ2n) is 7.76. The van der Waals surface area contributed by atoms with Crippen molar-refractivity contribution in [3.63, 3.8) is 0 Å². The topological polar surface area (TPSA) is 113 Å². The summed E-state index contributed by atoms with van der Waals surface area (Å²) in [5.74, 6) is -2.32. The highest BCUT2D eigenvalue weighted by Crippen LogP contribution is 2.52. The highest BCUT2D eigenvalue weighted by Gasteiger charge is 2.54. The zero-order valence-electron chi connectivity index (χ0n) is 15.4. The zero-order chi connectivity index (χ0) is 19.9. The third-order valence-electron chi connectivity index (χ3n) is 6.21. The van der Waals surface area contributed by atoms with E-state index in [0.717, 1.165) is 19.3 Å². The highest BCUT2D eigenvalue weighted by molar-refractivity contribution is 7.89. The van der Waals surface area contributed by atoms with Crippen molar-refractivity contribution in [2.24, 2.45) is 23.7 Å². The van der Waals surface area contributed by atoms with E-state index in [0.29, 0.717) is 32.0 Å². The van der Waals surface area contributed by atoms with E-state index in [1.54, 1.807) is 12.1 Å². The Labute approximate surface area is 163 Å². The molecule has 0 aromatic heterocycles. The van der Waals surface area contributed by atoms with Crippen molar-refractivity contribution in [2.45, 2.75) is 24.2 Å². The maximum Gasteiger partial charge on any atom is 0.307 e. The first-order valence-electron chi connectivity index (χ1n) is 9.59. The molecule has 1 aromatic carbocycles. The van der Waals surface area contributed by atoms with Gasteiger partial charge in [-0.15, -0.1) is 0 Å². The summed E-state index contributed by atoms with van der Waals surface area (Å²) in [7, 11) is -3.66. The van der Waals surface area contributed by atoms with Crippen LogP contribution in [0.4, 0.5) is 5.69 Å². The van der Waals surface area contributed by atoms with Gasteiger partial charge in [0.15, 0.2) is 0 Å². The summed E-state index contributed by atoms with van der Waals surface area (Å²) in [4.78, 5) is 24.6. The van der Waals surface area contributed by atoms with E-state index in [4.69, 9.17) is 4.74 Å². The van der Waals surface area contributed by atoms with Crippen molar-refractivity contribution in [3.05, 3.63) is 24.3 Å². The van der Waals surface area contributed by atoms with Crippen LogP contribution in [0, 0.1) is 23.7 Å². The molecule has 28 heavy (non-hydrogen) atoms. The van der Waals surface area contributed by atoms with Crippen LogP contribution in [-0.4, -0.2) is 56.0 Å². The Morgan fingerprint density at radius 3 is 2.46 bits per heavy atom. The molecule has 4 atom stereocenters. The number of nitrogens with zero attached hydrogens (tertiary/aromatic N) is 1. The number of sulfonamides is 1. The first-order valence-corrected chi connectivity index (χ1v) is 11.0. The number of benzene rings is 1. The number of amides is 1. The Bertz CT molecular complexity index is 880. The number of hydrogen-bond donors (Lipinski definition) is 2. The maximum atomic E-state index is 12.8. The lowest BCUT2D eigenvalue weighted by Gasteiger charge is -2.27. The number of carbonyl (C=O) groups is 2. The number of nitrogens with one attached hydrogen (secondary N) is 1. The minimum Gasteiger partial charge on any atom is -0.481 e. The molecule has 1 aliphatic heterocycles. The van der Waals surface area contributed by atoms with E-state index in [2.05, 4.69) is 5.32 Å². The molecule has 3 fully saturated rings. The van der Waals surface area contributed by atoms with Gasteiger partial charge in [0.05, 0.1) is 29.9 Å². The molecule has 2 N–H and O–H groups in total. The van der Waals surface area contributed by atoms with Crippen molar-refractivity contribution < 1.29 is 27.9 Å². The van der Waals surface area contributed by atoms with E-state index >= 15 is 0 Å². The van der Waals surface area contributed by atoms with Crippen LogP contribution in [0.3, 0.4) is 0 Å². The molecular weight excluding hydrogens is 384 g/mol. The van der Waals surface area contributed by atoms with Crippen LogP contribution in [0.5, 0.6) is 0 Å². The summed E-state index contributed by atoms with van der Waals surface area (Å²) in [6, 6.07) is 6.14. The Morgan fingerprint density at radius 1 is 1.11 bits per heavy atom. The molecule has 8 nitrogen and oxygen atoms in total. The van der Waals surface area contributed by atoms with Crippen LogP contribution in [-0.2, 0) is 24.3 Å². The highest BCUT2D eigenvalue weighted by atomic mass is 32.2. The summed E-state index contributed by atoms with van der Waals surface area (Å²) in [6.45, 7) is 1.31. The van der Waals surface area contributed by atoms with E-state index in [1.807, 2.05) is 0 Å². The summed E-state index contributed by atoms with van der Waals surface area (Å²) in [6.07, 6.45) is 2.51. The first kappa shape index (κ1) is 19.4. The van der Waals surface area contributed by atoms with E-state index in [1.165, 1.54) is 16.4 Å². The number of hydrogen-bond acceptors (Lipinski definition) is 5. The Balaban J connectivity index is 1.52. The number of morpholine rings is 1. The molecular formula is C19H24N2O6S. The number of carboxylic acids is 1.